The third kappa shape index (κ3) is 7.78. The lowest BCUT2D eigenvalue weighted by Crippen LogP contribution is -2.18. The Balaban J connectivity index is 1.46. The van der Waals surface area contributed by atoms with Crippen LogP contribution in [-0.4, -0.2) is 60.7 Å². The van der Waals surface area contributed by atoms with Crippen LogP contribution in [-0.2, 0) is 16.1 Å². The summed E-state index contributed by atoms with van der Waals surface area (Å²) in [4.78, 5) is 23.5. The molecule has 0 spiro atoms. The number of nitrogens with one attached hydrogen (secondary N) is 2. The number of ether oxygens (including phenoxy) is 3. The molecule has 1 atom stereocenters. The lowest BCUT2D eigenvalue weighted by molar-refractivity contribution is -0.111. The van der Waals surface area contributed by atoms with Gasteiger partial charge in [0.1, 0.15) is 30.3 Å². The number of benzene rings is 2. The molecule has 0 aliphatic carbocycles. The zero-order chi connectivity index (χ0) is 30.2. The molecule has 4 aromatic rings. The third-order valence-electron chi connectivity index (χ3n) is 6.57. The molecule has 1 fully saturated rings. The van der Waals surface area contributed by atoms with E-state index >= 15 is 0 Å². The Labute approximate surface area is 254 Å². The van der Waals surface area contributed by atoms with Gasteiger partial charge < -0.3 is 29.7 Å². The number of fused-ring (bicyclic) bond motifs is 1. The van der Waals surface area contributed by atoms with Gasteiger partial charge >= 0.3 is 0 Å². The standard InChI is InChI=1S/C32H31ClN6O4/c1-39(2)12-5-7-31(40)38-28-15-25-27(16-30(28)43-24-10-13-41-20-24)36-18-21(17-34)32(25)37-22-8-9-29(26(33)14-22)42-19-23-6-3-4-11-35-23/h3-9,11,14-16,18,24H,10,12-13,19-20H2,1-2H3,(H,36,37)(H,38,40)/b7-5+/t24-/m0/s1. The van der Waals surface area contributed by atoms with Crippen LogP contribution in [0.1, 0.15) is 17.7 Å². The fourth-order valence-electron chi connectivity index (χ4n) is 4.44. The van der Waals surface area contributed by atoms with Gasteiger partial charge in [-0.15, -0.1) is 0 Å². The third-order valence-corrected chi connectivity index (χ3v) is 6.87. The van der Waals surface area contributed by atoms with Crippen molar-refractivity contribution in [1.29, 1.82) is 5.26 Å². The first-order valence-electron chi connectivity index (χ1n) is 13.7. The van der Waals surface area contributed by atoms with Crippen molar-refractivity contribution in [3.63, 3.8) is 0 Å². The molecule has 1 amide bonds. The highest BCUT2D eigenvalue weighted by atomic mass is 35.5. The van der Waals surface area contributed by atoms with Crippen molar-refractivity contribution in [2.45, 2.75) is 19.1 Å². The van der Waals surface area contributed by atoms with Gasteiger partial charge in [-0.1, -0.05) is 23.7 Å². The number of hydrogen-bond acceptors (Lipinski definition) is 9. The second-order valence-electron chi connectivity index (χ2n) is 10.2. The van der Waals surface area contributed by atoms with Crippen molar-refractivity contribution in [2.75, 3.05) is 44.5 Å². The van der Waals surface area contributed by atoms with E-state index in [1.165, 1.54) is 12.3 Å². The van der Waals surface area contributed by atoms with Gasteiger partial charge in [0.2, 0.25) is 5.91 Å². The van der Waals surface area contributed by atoms with E-state index in [9.17, 15) is 10.1 Å². The number of carbonyl (C=O) groups is 1. The largest absolute Gasteiger partial charge is 0.486 e. The van der Waals surface area contributed by atoms with Crippen molar-refractivity contribution < 1.29 is 19.0 Å². The molecule has 5 rings (SSSR count). The number of aromatic nitrogens is 2. The molecule has 3 heterocycles. The Kier molecular flexibility index (Phi) is 9.69. The van der Waals surface area contributed by atoms with E-state index in [2.05, 4.69) is 26.7 Å². The number of anilines is 3. The summed E-state index contributed by atoms with van der Waals surface area (Å²) in [5, 5.41) is 17.2. The zero-order valence-electron chi connectivity index (χ0n) is 23.8. The second kappa shape index (κ2) is 14.0. The Morgan fingerprint density at radius 1 is 1.21 bits per heavy atom. The first-order valence-corrected chi connectivity index (χ1v) is 14.1. The molecule has 0 bridgehead atoms. The SMILES string of the molecule is CN(C)C/C=C/C(=O)Nc1cc2c(Nc3ccc(OCc4ccccn4)c(Cl)c3)c(C#N)cnc2cc1O[C@H]1CCOC1. The Bertz CT molecular complexity index is 1670. The molecular weight excluding hydrogens is 568 g/mol. The molecule has 2 aromatic heterocycles. The lowest BCUT2D eigenvalue weighted by Gasteiger charge is -2.19. The van der Waals surface area contributed by atoms with Crippen LogP contribution >= 0.6 is 11.6 Å². The van der Waals surface area contributed by atoms with Gasteiger partial charge in [0, 0.05) is 48.6 Å². The predicted molar refractivity (Wildman–Crippen MR) is 166 cm³/mol. The molecule has 2 N–H and O–H groups in total. The van der Waals surface area contributed by atoms with Gasteiger partial charge in [0.25, 0.3) is 0 Å². The summed E-state index contributed by atoms with van der Waals surface area (Å²) in [6.45, 7) is 1.97. The van der Waals surface area contributed by atoms with Gasteiger partial charge in [-0.2, -0.15) is 5.26 Å². The molecule has 43 heavy (non-hydrogen) atoms. The van der Waals surface area contributed by atoms with Gasteiger partial charge in [0.05, 0.1) is 46.4 Å². The summed E-state index contributed by atoms with van der Waals surface area (Å²) < 4.78 is 17.5. The normalized spacial score (nSPS) is 14.6. The van der Waals surface area contributed by atoms with Gasteiger partial charge in [0.15, 0.2) is 0 Å². The number of halogens is 1. The number of hydrogen-bond donors (Lipinski definition) is 2. The number of nitrogens with zero attached hydrogens (tertiary/aromatic N) is 4. The highest BCUT2D eigenvalue weighted by Crippen LogP contribution is 2.38. The van der Waals surface area contributed by atoms with Crippen molar-refractivity contribution in [3.05, 3.63) is 89.4 Å². The maximum Gasteiger partial charge on any atom is 0.248 e. The first-order chi connectivity index (χ1) is 20.9. The molecule has 0 saturated carbocycles. The van der Waals surface area contributed by atoms with E-state index in [0.717, 1.165) is 12.1 Å². The molecule has 2 aromatic carbocycles. The summed E-state index contributed by atoms with van der Waals surface area (Å²) in [7, 11) is 3.84. The average molecular weight is 599 g/mol. The molecule has 0 radical (unpaired) electrons. The fourth-order valence-corrected chi connectivity index (χ4v) is 4.68. The number of pyridine rings is 2. The number of likely N-dealkylation sites (N-methyl/N-ethyl adjacent to an activating group) is 1. The Hall–Kier alpha value is -4.69. The van der Waals surface area contributed by atoms with Crippen LogP contribution in [0.2, 0.25) is 5.02 Å². The molecule has 1 saturated heterocycles. The summed E-state index contributed by atoms with van der Waals surface area (Å²) in [6.07, 6.45) is 7.06. The highest BCUT2D eigenvalue weighted by Gasteiger charge is 2.21. The molecular formula is C32H31ClN6O4. The second-order valence-corrected chi connectivity index (χ2v) is 10.6. The summed E-state index contributed by atoms with van der Waals surface area (Å²) in [6, 6.07) is 16.6. The van der Waals surface area contributed by atoms with Crippen molar-refractivity contribution in [3.8, 4) is 17.6 Å². The molecule has 11 heteroatoms. The maximum absolute atomic E-state index is 12.8. The Morgan fingerprint density at radius 2 is 2.09 bits per heavy atom. The minimum Gasteiger partial charge on any atom is -0.486 e. The van der Waals surface area contributed by atoms with Gasteiger partial charge in [-0.3, -0.25) is 14.8 Å². The first kappa shape index (κ1) is 29.8. The van der Waals surface area contributed by atoms with E-state index in [4.69, 9.17) is 25.8 Å². The molecule has 0 unspecified atom stereocenters. The van der Waals surface area contributed by atoms with Crippen LogP contribution in [0.15, 0.2) is 73.1 Å². The predicted octanol–water partition coefficient (Wildman–Crippen LogP) is 5.70. The molecule has 1 aliphatic rings. The maximum atomic E-state index is 12.8. The van der Waals surface area contributed by atoms with E-state index in [1.54, 1.807) is 36.5 Å². The van der Waals surface area contributed by atoms with Crippen LogP contribution in [0, 0.1) is 11.3 Å². The monoisotopic (exact) mass is 598 g/mol. The summed E-state index contributed by atoms with van der Waals surface area (Å²) in [5.74, 6) is 0.668. The zero-order valence-corrected chi connectivity index (χ0v) is 24.6. The highest BCUT2D eigenvalue weighted by molar-refractivity contribution is 6.32. The van der Waals surface area contributed by atoms with Crippen LogP contribution in [0.25, 0.3) is 10.9 Å². The number of nitriles is 1. The summed E-state index contributed by atoms with van der Waals surface area (Å²) >= 11 is 6.55. The molecule has 220 valence electrons. The number of carbonyl (C=O) groups excluding carboxylic acids is 1. The topological polar surface area (TPSA) is 122 Å². The lowest BCUT2D eigenvalue weighted by atomic mass is 10.1. The number of rotatable bonds is 11. The van der Waals surface area contributed by atoms with Crippen LogP contribution in [0.4, 0.5) is 17.1 Å². The van der Waals surface area contributed by atoms with Crippen LogP contribution in [0.3, 0.4) is 0 Å². The average Bonchev–Trinajstić information content (AvgIpc) is 3.51. The smallest absolute Gasteiger partial charge is 0.248 e. The quantitative estimate of drug-likeness (QED) is 0.209. The van der Waals surface area contributed by atoms with E-state index in [1.807, 2.05) is 43.3 Å². The van der Waals surface area contributed by atoms with Gasteiger partial charge in [-0.05, 0) is 50.5 Å². The minimum absolute atomic E-state index is 0.145. The van der Waals surface area contributed by atoms with Crippen LogP contribution < -0.4 is 20.1 Å². The van der Waals surface area contributed by atoms with Crippen LogP contribution in [0.5, 0.6) is 11.5 Å². The van der Waals surface area contributed by atoms with E-state index in [-0.39, 0.29) is 18.6 Å². The van der Waals surface area contributed by atoms with E-state index < -0.39 is 0 Å². The Morgan fingerprint density at radius 3 is 2.81 bits per heavy atom. The molecule has 10 nitrogen and oxygen atoms in total. The molecule has 1 aliphatic heterocycles. The summed E-state index contributed by atoms with van der Waals surface area (Å²) in [5.41, 5.74) is 3.29. The minimum atomic E-state index is -0.305. The number of amides is 1. The van der Waals surface area contributed by atoms with Gasteiger partial charge in [-0.25, -0.2) is 0 Å². The van der Waals surface area contributed by atoms with Crippen molar-refractivity contribution in [1.82, 2.24) is 14.9 Å². The fraction of sp³-hybridized carbons (Fsp3) is 0.250. The van der Waals surface area contributed by atoms with Crippen molar-refractivity contribution in [2.24, 2.45) is 0 Å². The van der Waals surface area contributed by atoms with E-state index in [0.29, 0.717) is 69.8 Å². The van der Waals surface area contributed by atoms with Crippen molar-refractivity contribution >= 4 is 45.5 Å².